The van der Waals surface area contributed by atoms with Crippen molar-refractivity contribution in [2.24, 2.45) is 5.92 Å². The van der Waals surface area contributed by atoms with Crippen LogP contribution >= 0.6 is 0 Å². The van der Waals surface area contributed by atoms with Crippen LogP contribution in [0.25, 0.3) is 0 Å². The molecular weight excluding hydrogens is 293 g/mol. The minimum Gasteiger partial charge on any atom is -0.498 e. The van der Waals surface area contributed by atoms with E-state index in [0.717, 1.165) is 25.7 Å². The zero-order valence-corrected chi connectivity index (χ0v) is 14.3. The fourth-order valence-corrected chi connectivity index (χ4v) is 3.42. The average molecular weight is 321 g/mol. The zero-order valence-electron chi connectivity index (χ0n) is 14.3. The van der Waals surface area contributed by atoms with Crippen LogP contribution in [0.2, 0.25) is 5.82 Å². The molecule has 128 valence electrons. The third kappa shape index (κ3) is 5.68. The first kappa shape index (κ1) is 18.0. The van der Waals surface area contributed by atoms with Crippen LogP contribution in [-0.4, -0.2) is 44.1 Å². The lowest BCUT2D eigenvalue weighted by Crippen LogP contribution is -2.45. The minimum atomic E-state index is -0.778. The van der Waals surface area contributed by atoms with Gasteiger partial charge in [0.25, 0.3) is 0 Å². The van der Waals surface area contributed by atoms with Crippen molar-refractivity contribution in [3.8, 4) is 0 Å². The Morgan fingerprint density at radius 1 is 1.17 bits per heavy atom. The van der Waals surface area contributed by atoms with Gasteiger partial charge in [0.1, 0.15) is 0 Å². The molecule has 0 N–H and O–H groups in total. The number of carbonyl (C=O) groups is 2. The summed E-state index contributed by atoms with van der Waals surface area (Å²) in [6.07, 6.45) is 12.2. The van der Waals surface area contributed by atoms with Crippen LogP contribution in [0.15, 0.2) is 12.2 Å². The highest BCUT2D eigenvalue weighted by Crippen LogP contribution is 2.37. The van der Waals surface area contributed by atoms with Crippen molar-refractivity contribution in [1.82, 2.24) is 4.90 Å². The summed E-state index contributed by atoms with van der Waals surface area (Å²) in [7, 11) is 0.933. The average Bonchev–Trinajstić information content (AvgIpc) is 2.50. The normalized spacial score (nSPS) is 23.3. The summed E-state index contributed by atoms with van der Waals surface area (Å²) in [5.74, 6) is -0.262. The first-order valence-electron chi connectivity index (χ1n) is 8.84. The molecule has 1 unspecified atom stereocenters. The Kier molecular flexibility index (Phi) is 7.15. The third-order valence-electron chi connectivity index (χ3n) is 4.62. The maximum absolute atomic E-state index is 12.0. The minimum absolute atomic E-state index is 0.0295. The highest BCUT2D eigenvalue weighted by Gasteiger charge is 2.42. The predicted molar refractivity (Wildman–Crippen MR) is 89.8 cm³/mol. The number of allylic oxidation sites excluding steroid dienone is 2. The van der Waals surface area contributed by atoms with Gasteiger partial charge < -0.3 is 9.31 Å². The van der Waals surface area contributed by atoms with Crippen LogP contribution < -0.4 is 0 Å². The van der Waals surface area contributed by atoms with Crippen molar-refractivity contribution in [2.45, 2.75) is 57.7 Å². The van der Waals surface area contributed by atoms with Crippen LogP contribution in [0.3, 0.4) is 0 Å². The molecule has 6 heteroatoms. The van der Waals surface area contributed by atoms with Gasteiger partial charge in [-0.3, -0.25) is 14.5 Å². The van der Waals surface area contributed by atoms with Gasteiger partial charge in [-0.05, 0) is 19.4 Å². The molecule has 0 aromatic rings. The molecule has 0 spiro atoms. The summed E-state index contributed by atoms with van der Waals surface area (Å²) < 4.78 is 11.0. The van der Waals surface area contributed by atoms with Crippen molar-refractivity contribution < 1.29 is 18.9 Å². The van der Waals surface area contributed by atoms with Gasteiger partial charge in [-0.1, -0.05) is 57.6 Å². The fraction of sp³-hybridized carbons (Fsp3) is 0.765. The van der Waals surface area contributed by atoms with Crippen molar-refractivity contribution in [3.05, 3.63) is 12.2 Å². The Hall–Kier alpha value is -1.30. The number of hydrogen-bond donors (Lipinski definition) is 0. The predicted octanol–water partition coefficient (Wildman–Crippen LogP) is 2.81. The van der Waals surface area contributed by atoms with E-state index in [4.69, 9.17) is 9.31 Å². The molecular formula is C17H28BNO4. The third-order valence-corrected chi connectivity index (χ3v) is 4.62. The summed E-state index contributed by atoms with van der Waals surface area (Å²) in [5, 5.41) is 0. The second kappa shape index (κ2) is 9.11. The van der Waals surface area contributed by atoms with E-state index in [1.807, 2.05) is 0 Å². The quantitative estimate of drug-likeness (QED) is 0.576. The molecule has 5 nitrogen and oxygen atoms in total. The maximum Gasteiger partial charge on any atom is 0.606 e. The van der Waals surface area contributed by atoms with Gasteiger partial charge in [-0.2, -0.15) is 0 Å². The van der Waals surface area contributed by atoms with Gasteiger partial charge in [0, 0.05) is 5.82 Å². The maximum atomic E-state index is 12.0. The molecule has 1 atom stereocenters. The molecule has 1 saturated heterocycles. The lowest BCUT2D eigenvalue weighted by Gasteiger charge is -2.32. The van der Waals surface area contributed by atoms with Crippen molar-refractivity contribution in [2.75, 3.05) is 20.1 Å². The largest absolute Gasteiger partial charge is 0.606 e. The lowest BCUT2D eigenvalue weighted by atomic mass is 9.61. The summed E-state index contributed by atoms with van der Waals surface area (Å²) in [6, 6.07) is 0. The molecule has 1 saturated carbocycles. The number of hydrogen-bond acceptors (Lipinski definition) is 5. The highest BCUT2D eigenvalue weighted by atomic mass is 16.6. The van der Waals surface area contributed by atoms with Crippen LogP contribution in [0.5, 0.6) is 0 Å². The SMILES string of the molecule is CCC/C=C/C(B1OC(=O)CN(C)CC(=O)O1)C1CCCCC1. The van der Waals surface area contributed by atoms with E-state index in [2.05, 4.69) is 19.1 Å². The Bertz CT molecular complexity index is 414. The molecule has 23 heavy (non-hydrogen) atoms. The van der Waals surface area contributed by atoms with Crippen molar-refractivity contribution in [1.29, 1.82) is 0 Å². The molecule has 1 aliphatic heterocycles. The lowest BCUT2D eigenvalue weighted by molar-refractivity contribution is -0.146. The van der Waals surface area contributed by atoms with Crippen molar-refractivity contribution >= 4 is 19.1 Å². The summed E-state index contributed by atoms with van der Waals surface area (Å²) in [6.45, 7) is 2.38. The molecule has 1 heterocycles. The van der Waals surface area contributed by atoms with Gasteiger partial charge in [0.05, 0.1) is 13.1 Å². The molecule has 2 fully saturated rings. The van der Waals surface area contributed by atoms with Gasteiger partial charge >= 0.3 is 19.1 Å². The monoisotopic (exact) mass is 321 g/mol. The molecule has 1 aliphatic carbocycles. The number of carbonyl (C=O) groups excluding carboxylic acids is 2. The smallest absolute Gasteiger partial charge is 0.498 e. The Balaban J connectivity index is 2.13. The number of nitrogens with zero attached hydrogens (tertiary/aromatic N) is 1. The van der Waals surface area contributed by atoms with Gasteiger partial charge in [-0.25, -0.2) is 0 Å². The summed E-state index contributed by atoms with van der Waals surface area (Å²) >= 11 is 0. The van der Waals surface area contributed by atoms with Crippen LogP contribution in [0.1, 0.15) is 51.9 Å². The van der Waals surface area contributed by atoms with Crippen LogP contribution in [0.4, 0.5) is 0 Å². The molecule has 2 rings (SSSR count). The Labute approximate surface area is 139 Å². The highest BCUT2D eigenvalue weighted by molar-refractivity contribution is 6.51. The van der Waals surface area contributed by atoms with E-state index in [9.17, 15) is 9.59 Å². The standard InChI is InChI=1S/C17H28BNO4/c1-3-4-6-11-15(14-9-7-5-8-10-14)18-22-16(20)12-19(2)13-17(21)23-18/h6,11,14-15H,3-5,7-10,12-13H2,1-2H3/b11-6+. The van der Waals surface area contributed by atoms with E-state index < -0.39 is 7.12 Å². The summed E-state index contributed by atoms with van der Waals surface area (Å²) in [4.78, 5) is 25.6. The van der Waals surface area contributed by atoms with Gasteiger partial charge in [0.15, 0.2) is 0 Å². The number of likely N-dealkylation sites (N-methyl/N-ethyl adjacent to an activating group) is 1. The topological polar surface area (TPSA) is 55.8 Å². The molecule has 2 aliphatic rings. The van der Waals surface area contributed by atoms with E-state index in [1.54, 1.807) is 11.9 Å². The van der Waals surface area contributed by atoms with E-state index in [-0.39, 0.29) is 30.8 Å². The zero-order chi connectivity index (χ0) is 16.7. The van der Waals surface area contributed by atoms with E-state index in [0.29, 0.717) is 5.92 Å². The van der Waals surface area contributed by atoms with E-state index >= 15 is 0 Å². The molecule has 0 amide bonds. The van der Waals surface area contributed by atoms with Crippen LogP contribution in [0, 0.1) is 5.92 Å². The Morgan fingerprint density at radius 2 is 1.78 bits per heavy atom. The first-order chi connectivity index (χ1) is 11.1. The molecule has 0 aromatic heterocycles. The van der Waals surface area contributed by atoms with Crippen molar-refractivity contribution in [3.63, 3.8) is 0 Å². The summed E-state index contributed by atoms with van der Waals surface area (Å²) in [5.41, 5.74) is 0. The first-order valence-corrected chi connectivity index (χ1v) is 8.84. The van der Waals surface area contributed by atoms with Gasteiger partial charge in [-0.15, -0.1) is 0 Å². The Morgan fingerprint density at radius 3 is 2.35 bits per heavy atom. The van der Waals surface area contributed by atoms with Crippen LogP contribution in [-0.2, 0) is 18.9 Å². The number of rotatable bonds is 5. The second-order valence-electron chi connectivity index (χ2n) is 6.71. The number of unbranched alkanes of at least 4 members (excludes halogenated alkanes) is 1. The fourth-order valence-electron chi connectivity index (χ4n) is 3.42. The van der Waals surface area contributed by atoms with Gasteiger partial charge in [0.2, 0.25) is 0 Å². The second-order valence-corrected chi connectivity index (χ2v) is 6.71. The van der Waals surface area contributed by atoms with E-state index in [1.165, 1.54) is 19.3 Å². The molecule has 0 radical (unpaired) electrons. The molecule has 0 aromatic carbocycles. The molecule has 0 bridgehead atoms.